The Morgan fingerprint density at radius 3 is 2.76 bits per heavy atom. The first-order valence-corrected chi connectivity index (χ1v) is 8.58. The van der Waals surface area contributed by atoms with Crippen LogP contribution in [0.25, 0.3) is 10.9 Å². The van der Waals surface area contributed by atoms with E-state index in [2.05, 4.69) is 39.6 Å². The average molecular weight is 348 g/mol. The first kappa shape index (κ1) is 14.9. The van der Waals surface area contributed by atoms with E-state index in [1.807, 2.05) is 12.1 Å². The Labute approximate surface area is 134 Å². The highest BCUT2D eigenvalue weighted by molar-refractivity contribution is 9.10. The molecule has 0 spiro atoms. The van der Waals surface area contributed by atoms with Gasteiger partial charge in [-0.3, -0.25) is 11.3 Å². The first-order valence-electron chi connectivity index (χ1n) is 7.79. The van der Waals surface area contributed by atoms with Gasteiger partial charge in [0.15, 0.2) is 0 Å². The van der Waals surface area contributed by atoms with Gasteiger partial charge in [0.1, 0.15) is 0 Å². The number of rotatable bonds is 4. The number of hydrogen-bond acceptors (Lipinski definition) is 3. The third-order valence-electron chi connectivity index (χ3n) is 4.53. The number of para-hydroxylation sites is 1. The van der Waals surface area contributed by atoms with E-state index >= 15 is 0 Å². The van der Waals surface area contributed by atoms with E-state index in [0.29, 0.717) is 0 Å². The van der Waals surface area contributed by atoms with Crippen molar-refractivity contribution in [1.82, 2.24) is 10.4 Å². The number of aromatic nitrogens is 1. The Kier molecular flexibility index (Phi) is 4.88. The number of halogens is 1. The minimum absolute atomic E-state index is 0.118. The van der Waals surface area contributed by atoms with Gasteiger partial charge in [0.2, 0.25) is 0 Å². The number of hydrogen-bond donors (Lipinski definition) is 2. The maximum Gasteiger partial charge on any atom is 0.0736 e. The summed E-state index contributed by atoms with van der Waals surface area (Å²) in [7, 11) is 0. The Morgan fingerprint density at radius 1 is 1.24 bits per heavy atom. The number of nitrogens with zero attached hydrogens (tertiary/aromatic N) is 1. The van der Waals surface area contributed by atoms with Gasteiger partial charge in [0.25, 0.3) is 0 Å². The van der Waals surface area contributed by atoms with Crippen molar-refractivity contribution in [1.29, 1.82) is 0 Å². The van der Waals surface area contributed by atoms with E-state index in [1.165, 1.54) is 32.1 Å². The van der Waals surface area contributed by atoms with E-state index in [9.17, 15) is 0 Å². The lowest BCUT2D eigenvalue weighted by atomic mass is 9.84. The minimum Gasteiger partial charge on any atom is -0.271 e. The highest BCUT2D eigenvalue weighted by Gasteiger charge is 2.22. The topological polar surface area (TPSA) is 50.9 Å². The van der Waals surface area contributed by atoms with Crippen molar-refractivity contribution in [2.45, 2.75) is 44.6 Å². The molecule has 0 aliphatic heterocycles. The predicted molar refractivity (Wildman–Crippen MR) is 90.7 cm³/mol. The van der Waals surface area contributed by atoms with Crippen LogP contribution in [0.1, 0.15) is 50.3 Å². The monoisotopic (exact) mass is 347 g/mol. The fourth-order valence-electron chi connectivity index (χ4n) is 3.36. The fraction of sp³-hybridized carbons (Fsp3) is 0.471. The molecule has 3 rings (SSSR count). The second-order valence-corrected chi connectivity index (χ2v) is 6.86. The summed E-state index contributed by atoms with van der Waals surface area (Å²) < 4.78 is 1.04. The SMILES string of the molecule is NNC(CC1CCCCC1)c1nc2ccccc2cc1Br. The molecular weight excluding hydrogens is 326 g/mol. The zero-order valence-electron chi connectivity index (χ0n) is 12.2. The summed E-state index contributed by atoms with van der Waals surface area (Å²) in [6.45, 7) is 0. The summed E-state index contributed by atoms with van der Waals surface area (Å²) in [4.78, 5) is 4.82. The third-order valence-corrected chi connectivity index (χ3v) is 5.16. The summed E-state index contributed by atoms with van der Waals surface area (Å²) in [5.74, 6) is 6.59. The van der Waals surface area contributed by atoms with Crippen LogP contribution in [0.2, 0.25) is 0 Å². The number of nitrogens with two attached hydrogens (primary N) is 1. The van der Waals surface area contributed by atoms with Crippen molar-refractivity contribution in [3.8, 4) is 0 Å². The quantitative estimate of drug-likeness (QED) is 0.633. The van der Waals surface area contributed by atoms with Gasteiger partial charge in [-0.15, -0.1) is 0 Å². The van der Waals surface area contributed by atoms with E-state index in [-0.39, 0.29) is 6.04 Å². The second-order valence-electron chi connectivity index (χ2n) is 6.01. The zero-order chi connectivity index (χ0) is 14.7. The van der Waals surface area contributed by atoms with Gasteiger partial charge in [0, 0.05) is 9.86 Å². The standard InChI is InChI=1S/C17H22BrN3/c18-14-11-13-8-4-5-9-15(13)20-17(14)16(21-19)10-12-6-2-1-3-7-12/h4-5,8-9,11-12,16,21H,1-3,6-7,10,19H2. The highest BCUT2D eigenvalue weighted by atomic mass is 79.9. The molecule has 4 heteroatoms. The number of benzene rings is 1. The summed E-state index contributed by atoms with van der Waals surface area (Å²) in [6.07, 6.45) is 7.81. The normalized spacial score (nSPS) is 18.0. The Balaban J connectivity index is 1.86. The number of pyridine rings is 1. The largest absolute Gasteiger partial charge is 0.271 e. The van der Waals surface area contributed by atoms with E-state index < -0.39 is 0 Å². The zero-order valence-corrected chi connectivity index (χ0v) is 13.8. The van der Waals surface area contributed by atoms with Crippen molar-refractivity contribution in [2.75, 3.05) is 0 Å². The summed E-state index contributed by atoms with van der Waals surface area (Å²) in [6, 6.07) is 10.5. The van der Waals surface area contributed by atoms with Gasteiger partial charge >= 0.3 is 0 Å². The maximum absolute atomic E-state index is 5.82. The summed E-state index contributed by atoms with van der Waals surface area (Å²) in [5, 5.41) is 1.15. The van der Waals surface area contributed by atoms with Crippen LogP contribution in [0.15, 0.2) is 34.8 Å². The third kappa shape index (κ3) is 3.44. The number of fused-ring (bicyclic) bond motifs is 1. The molecule has 0 saturated heterocycles. The molecule has 1 aliphatic rings. The molecule has 0 bridgehead atoms. The lowest BCUT2D eigenvalue weighted by Gasteiger charge is -2.26. The highest BCUT2D eigenvalue weighted by Crippen LogP contribution is 2.34. The molecule has 1 aromatic heterocycles. The lowest BCUT2D eigenvalue weighted by molar-refractivity contribution is 0.298. The molecule has 112 valence electrons. The van der Waals surface area contributed by atoms with Gasteiger partial charge in [0.05, 0.1) is 17.3 Å². The van der Waals surface area contributed by atoms with E-state index in [0.717, 1.165) is 33.4 Å². The van der Waals surface area contributed by atoms with Crippen LogP contribution in [-0.4, -0.2) is 4.98 Å². The van der Waals surface area contributed by atoms with Gasteiger partial charge in [-0.2, -0.15) is 0 Å². The average Bonchev–Trinajstić information content (AvgIpc) is 2.53. The van der Waals surface area contributed by atoms with Crippen molar-refractivity contribution in [3.63, 3.8) is 0 Å². The molecule has 1 fully saturated rings. The van der Waals surface area contributed by atoms with Crippen LogP contribution >= 0.6 is 15.9 Å². The Hall–Kier alpha value is -0.970. The van der Waals surface area contributed by atoms with Crippen molar-refractivity contribution < 1.29 is 0 Å². The lowest BCUT2D eigenvalue weighted by Crippen LogP contribution is -2.31. The molecule has 1 aliphatic carbocycles. The van der Waals surface area contributed by atoms with Crippen LogP contribution in [-0.2, 0) is 0 Å². The van der Waals surface area contributed by atoms with Gasteiger partial charge < -0.3 is 0 Å². The van der Waals surface area contributed by atoms with Gasteiger partial charge in [-0.25, -0.2) is 4.98 Å². The van der Waals surface area contributed by atoms with Crippen LogP contribution in [0.3, 0.4) is 0 Å². The summed E-state index contributed by atoms with van der Waals surface area (Å²) >= 11 is 3.67. The van der Waals surface area contributed by atoms with Crippen molar-refractivity contribution >= 4 is 26.8 Å². The van der Waals surface area contributed by atoms with E-state index in [4.69, 9.17) is 10.8 Å². The number of nitrogens with one attached hydrogen (secondary N) is 1. The van der Waals surface area contributed by atoms with Crippen LogP contribution in [0.4, 0.5) is 0 Å². The molecule has 3 nitrogen and oxygen atoms in total. The molecule has 1 saturated carbocycles. The molecule has 1 aromatic carbocycles. The van der Waals surface area contributed by atoms with Crippen molar-refractivity contribution in [2.24, 2.45) is 11.8 Å². The molecular formula is C17H22BrN3. The van der Waals surface area contributed by atoms with Gasteiger partial charge in [-0.1, -0.05) is 50.3 Å². The summed E-state index contributed by atoms with van der Waals surface area (Å²) in [5.41, 5.74) is 5.04. The first-order chi connectivity index (χ1) is 10.3. The molecule has 0 amide bonds. The molecule has 1 unspecified atom stereocenters. The predicted octanol–water partition coefficient (Wildman–Crippen LogP) is 4.47. The smallest absolute Gasteiger partial charge is 0.0736 e. The van der Waals surface area contributed by atoms with Crippen LogP contribution < -0.4 is 11.3 Å². The van der Waals surface area contributed by atoms with Gasteiger partial charge in [-0.05, 0) is 40.4 Å². The second kappa shape index (κ2) is 6.86. The van der Waals surface area contributed by atoms with Crippen molar-refractivity contribution in [3.05, 3.63) is 40.5 Å². The van der Waals surface area contributed by atoms with E-state index in [1.54, 1.807) is 0 Å². The Morgan fingerprint density at radius 2 is 2.00 bits per heavy atom. The molecule has 1 atom stereocenters. The molecule has 1 heterocycles. The van der Waals surface area contributed by atoms with Crippen LogP contribution in [0, 0.1) is 5.92 Å². The number of hydrazine groups is 1. The minimum atomic E-state index is 0.118. The maximum atomic E-state index is 5.82. The fourth-order valence-corrected chi connectivity index (χ4v) is 3.98. The molecule has 21 heavy (non-hydrogen) atoms. The van der Waals surface area contributed by atoms with Crippen LogP contribution in [0.5, 0.6) is 0 Å². The Bertz CT molecular complexity index is 608. The molecule has 3 N–H and O–H groups in total. The molecule has 0 radical (unpaired) electrons. The molecule has 2 aromatic rings.